The van der Waals surface area contributed by atoms with Crippen molar-refractivity contribution < 1.29 is 13.2 Å². The first-order valence-electron chi connectivity index (χ1n) is 8.95. The number of benzene rings is 3. The minimum atomic E-state index is -3.66. The third kappa shape index (κ3) is 4.58. The lowest BCUT2D eigenvalue weighted by molar-refractivity contribution is 0.102. The first-order chi connectivity index (χ1) is 13.4. The van der Waals surface area contributed by atoms with Crippen LogP contribution in [-0.4, -0.2) is 14.3 Å². The Bertz CT molecular complexity index is 1060. The van der Waals surface area contributed by atoms with Gasteiger partial charge < -0.3 is 5.32 Å². The van der Waals surface area contributed by atoms with Gasteiger partial charge in [-0.05, 0) is 53.9 Å². The van der Waals surface area contributed by atoms with Crippen molar-refractivity contribution in [1.29, 1.82) is 0 Å². The molecule has 0 spiro atoms. The minimum Gasteiger partial charge on any atom is -0.322 e. The molecular weight excluding hydrogens is 372 g/mol. The molecule has 144 valence electrons. The summed E-state index contributed by atoms with van der Waals surface area (Å²) in [6, 6.07) is 22.1. The van der Waals surface area contributed by atoms with Gasteiger partial charge in [0.2, 0.25) is 0 Å². The molecule has 0 unspecified atom stereocenters. The van der Waals surface area contributed by atoms with Crippen molar-refractivity contribution in [3.63, 3.8) is 0 Å². The fourth-order valence-electron chi connectivity index (χ4n) is 2.81. The topological polar surface area (TPSA) is 75.3 Å². The smallest absolute Gasteiger partial charge is 0.261 e. The van der Waals surface area contributed by atoms with Gasteiger partial charge in [0.15, 0.2) is 0 Å². The van der Waals surface area contributed by atoms with Crippen molar-refractivity contribution in [2.75, 3.05) is 10.0 Å². The van der Waals surface area contributed by atoms with Crippen LogP contribution < -0.4 is 10.0 Å². The molecule has 0 aliphatic heterocycles. The van der Waals surface area contributed by atoms with Crippen LogP contribution in [0.15, 0.2) is 83.8 Å². The van der Waals surface area contributed by atoms with Crippen molar-refractivity contribution in [1.82, 2.24) is 0 Å². The molecule has 0 aromatic heterocycles. The lowest BCUT2D eigenvalue weighted by Crippen LogP contribution is -2.15. The number of hydrogen-bond donors (Lipinski definition) is 2. The summed E-state index contributed by atoms with van der Waals surface area (Å²) in [6.45, 7) is 4.14. The normalized spacial score (nSPS) is 11.2. The van der Waals surface area contributed by atoms with Gasteiger partial charge in [-0.2, -0.15) is 0 Å². The van der Waals surface area contributed by atoms with Crippen molar-refractivity contribution in [3.8, 4) is 0 Å². The van der Waals surface area contributed by atoms with Gasteiger partial charge in [-0.3, -0.25) is 9.52 Å². The summed E-state index contributed by atoms with van der Waals surface area (Å²) >= 11 is 0. The highest BCUT2D eigenvalue weighted by Gasteiger charge is 2.14. The van der Waals surface area contributed by atoms with E-state index in [2.05, 4.69) is 23.9 Å². The molecule has 0 atom stereocenters. The lowest BCUT2D eigenvalue weighted by Gasteiger charge is -2.14. The second-order valence-electron chi connectivity index (χ2n) is 6.69. The lowest BCUT2D eigenvalue weighted by atomic mass is 10.0. The van der Waals surface area contributed by atoms with Crippen LogP contribution in [-0.2, 0) is 10.0 Å². The number of carbonyl (C=O) groups excluding carboxylic acids is 1. The molecule has 0 radical (unpaired) electrons. The molecule has 1 amide bonds. The number of sulfonamides is 1. The molecule has 0 heterocycles. The van der Waals surface area contributed by atoms with E-state index in [0.29, 0.717) is 11.3 Å². The number of carbonyl (C=O) groups is 1. The van der Waals surface area contributed by atoms with Gasteiger partial charge in [-0.25, -0.2) is 8.42 Å². The number of rotatable bonds is 6. The number of hydrogen-bond acceptors (Lipinski definition) is 3. The second-order valence-corrected chi connectivity index (χ2v) is 8.37. The maximum absolute atomic E-state index is 12.6. The molecule has 28 heavy (non-hydrogen) atoms. The zero-order valence-electron chi connectivity index (χ0n) is 15.7. The van der Waals surface area contributed by atoms with Gasteiger partial charge in [-0.15, -0.1) is 0 Å². The molecule has 0 saturated carbocycles. The Labute approximate surface area is 165 Å². The van der Waals surface area contributed by atoms with E-state index in [0.717, 1.165) is 11.3 Å². The predicted octanol–water partition coefficient (Wildman–Crippen LogP) is 4.86. The standard InChI is InChI=1S/C22H22N2O3S/c1-16(2)20-10-6-7-11-21(20)23-22(25)17-12-14-18(15-13-17)24-28(26,27)19-8-4-3-5-9-19/h3-16,24H,1-2H3,(H,23,25). The van der Waals surface area contributed by atoms with E-state index in [1.165, 1.54) is 12.1 Å². The molecular formula is C22H22N2O3S. The average molecular weight is 394 g/mol. The largest absolute Gasteiger partial charge is 0.322 e. The average Bonchev–Trinajstić information content (AvgIpc) is 2.69. The summed E-state index contributed by atoms with van der Waals surface area (Å²) in [5.74, 6) is 0.0387. The van der Waals surface area contributed by atoms with Crippen LogP contribution >= 0.6 is 0 Å². The molecule has 3 rings (SSSR count). The molecule has 2 N–H and O–H groups in total. The molecule has 0 fully saturated rings. The van der Waals surface area contributed by atoms with E-state index < -0.39 is 10.0 Å². The Morgan fingerprint density at radius 3 is 2.07 bits per heavy atom. The highest BCUT2D eigenvalue weighted by atomic mass is 32.2. The molecule has 3 aromatic carbocycles. The van der Waals surface area contributed by atoms with Crippen LogP contribution in [0.2, 0.25) is 0 Å². The summed E-state index contributed by atoms with van der Waals surface area (Å²) in [6.07, 6.45) is 0. The van der Waals surface area contributed by atoms with Gasteiger partial charge in [0.1, 0.15) is 0 Å². The second kappa shape index (κ2) is 8.27. The van der Waals surface area contributed by atoms with E-state index in [1.54, 1.807) is 42.5 Å². The number of nitrogens with one attached hydrogen (secondary N) is 2. The van der Waals surface area contributed by atoms with Gasteiger partial charge in [0.05, 0.1) is 4.90 Å². The van der Waals surface area contributed by atoms with Crippen LogP contribution in [0.1, 0.15) is 35.7 Å². The fourth-order valence-corrected chi connectivity index (χ4v) is 3.89. The van der Waals surface area contributed by atoms with Crippen molar-refractivity contribution >= 4 is 27.3 Å². The molecule has 0 saturated heterocycles. The number of para-hydroxylation sites is 1. The maximum Gasteiger partial charge on any atom is 0.261 e. The maximum atomic E-state index is 12.6. The van der Waals surface area contributed by atoms with Gasteiger partial charge in [0, 0.05) is 16.9 Å². The van der Waals surface area contributed by atoms with Crippen LogP contribution in [0.4, 0.5) is 11.4 Å². The molecule has 0 aliphatic rings. The van der Waals surface area contributed by atoms with Crippen LogP contribution in [0.25, 0.3) is 0 Å². The number of anilines is 2. The zero-order valence-corrected chi connectivity index (χ0v) is 16.5. The first kappa shape index (κ1) is 19.6. The molecule has 0 aliphatic carbocycles. The Hall–Kier alpha value is -3.12. The Kier molecular flexibility index (Phi) is 5.80. The quantitative estimate of drug-likeness (QED) is 0.627. The van der Waals surface area contributed by atoms with Crippen molar-refractivity contribution in [2.24, 2.45) is 0 Å². The first-order valence-corrected chi connectivity index (χ1v) is 10.4. The van der Waals surface area contributed by atoms with Gasteiger partial charge >= 0.3 is 0 Å². The summed E-state index contributed by atoms with van der Waals surface area (Å²) in [5.41, 5.74) is 2.67. The summed E-state index contributed by atoms with van der Waals surface area (Å²) in [4.78, 5) is 12.7. The SMILES string of the molecule is CC(C)c1ccccc1NC(=O)c1ccc(NS(=O)(=O)c2ccccc2)cc1. The highest BCUT2D eigenvalue weighted by Crippen LogP contribution is 2.24. The van der Waals surface area contributed by atoms with E-state index in [1.807, 2.05) is 24.3 Å². The highest BCUT2D eigenvalue weighted by molar-refractivity contribution is 7.92. The Balaban J connectivity index is 1.73. The summed E-state index contributed by atoms with van der Waals surface area (Å²) in [5, 5.41) is 2.92. The zero-order chi connectivity index (χ0) is 20.1. The van der Waals surface area contributed by atoms with Gasteiger partial charge in [-0.1, -0.05) is 50.2 Å². The van der Waals surface area contributed by atoms with Gasteiger partial charge in [0.25, 0.3) is 15.9 Å². The molecule has 0 bridgehead atoms. The van der Waals surface area contributed by atoms with E-state index in [-0.39, 0.29) is 16.7 Å². The molecule has 5 nitrogen and oxygen atoms in total. The predicted molar refractivity (Wildman–Crippen MR) is 112 cm³/mol. The summed E-state index contributed by atoms with van der Waals surface area (Å²) < 4.78 is 27.3. The summed E-state index contributed by atoms with van der Waals surface area (Å²) in [7, 11) is -3.66. The number of amides is 1. The molecule has 3 aromatic rings. The minimum absolute atomic E-state index is 0.183. The monoisotopic (exact) mass is 394 g/mol. The van der Waals surface area contributed by atoms with Crippen LogP contribution in [0.3, 0.4) is 0 Å². The van der Waals surface area contributed by atoms with Crippen LogP contribution in [0, 0.1) is 0 Å². The fraction of sp³-hybridized carbons (Fsp3) is 0.136. The Morgan fingerprint density at radius 1 is 0.821 bits per heavy atom. The third-order valence-corrected chi connectivity index (χ3v) is 5.68. The van der Waals surface area contributed by atoms with E-state index in [9.17, 15) is 13.2 Å². The van der Waals surface area contributed by atoms with E-state index >= 15 is 0 Å². The van der Waals surface area contributed by atoms with Crippen molar-refractivity contribution in [2.45, 2.75) is 24.7 Å². The van der Waals surface area contributed by atoms with E-state index in [4.69, 9.17) is 0 Å². The Morgan fingerprint density at radius 2 is 1.43 bits per heavy atom. The van der Waals surface area contributed by atoms with Crippen LogP contribution in [0.5, 0.6) is 0 Å². The third-order valence-electron chi connectivity index (χ3n) is 4.28. The van der Waals surface area contributed by atoms with Crippen molar-refractivity contribution in [3.05, 3.63) is 90.0 Å². The molecule has 6 heteroatoms.